The molecule has 0 aromatic heterocycles. The molecule has 2 N–H and O–H groups in total. The second kappa shape index (κ2) is 4.01. The highest BCUT2D eigenvalue weighted by molar-refractivity contribution is 9.10. The van der Waals surface area contributed by atoms with Gasteiger partial charge in [-0.3, -0.25) is 0 Å². The van der Waals surface area contributed by atoms with Crippen LogP contribution in [0, 0.1) is 0 Å². The Morgan fingerprint density at radius 3 is 2.64 bits per heavy atom. The molecular formula is C11H14BrNO. The molecule has 2 rings (SSSR count). The van der Waals surface area contributed by atoms with Crippen LogP contribution >= 0.6 is 15.9 Å². The van der Waals surface area contributed by atoms with Crippen molar-refractivity contribution in [3.05, 3.63) is 34.3 Å². The maximum Gasteiger partial charge on any atom is 0.0650 e. The SMILES string of the molecule is NC1(Cc2ccc(Br)cc2)CCOC1. The van der Waals surface area contributed by atoms with Crippen LogP contribution in [0.1, 0.15) is 12.0 Å². The summed E-state index contributed by atoms with van der Waals surface area (Å²) in [6, 6.07) is 8.32. The molecule has 0 saturated carbocycles. The van der Waals surface area contributed by atoms with E-state index in [-0.39, 0.29) is 5.54 Å². The fourth-order valence-corrected chi connectivity index (χ4v) is 2.04. The summed E-state index contributed by atoms with van der Waals surface area (Å²) in [5.74, 6) is 0. The van der Waals surface area contributed by atoms with Crippen LogP contribution in [0.15, 0.2) is 28.7 Å². The van der Waals surface area contributed by atoms with E-state index < -0.39 is 0 Å². The molecule has 2 nitrogen and oxygen atoms in total. The van der Waals surface area contributed by atoms with Gasteiger partial charge in [0.05, 0.1) is 6.61 Å². The molecule has 1 atom stereocenters. The average Bonchev–Trinajstić information content (AvgIpc) is 2.57. The van der Waals surface area contributed by atoms with Crippen LogP contribution in [0.4, 0.5) is 0 Å². The van der Waals surface area contributed by atoms with Crippen molar-refractivity contribution in [2.24, 2.45) is 5.73 Å². The van der Waals surface area contributed by atoms with Crippen molar-refractivity contribution in [3.8, 4) is 0 Å². The van der Waals surface area contributed by atoms with Gasteiger partial charge in [-0.25, -0.2) is 0 Å². The number of ether oxygens (including phenoxy) is 1. The van der Waals surface area contributed by atoms with Gasteiger partial charge in [0.15, 0.2) is 0 Å². The summed E-state index contributed by atoms with van der Waals surface area (Å²) >= 11 is 3.42. The Kier molecular flexibility index (Phi) is 2.91. The Hall–Kier alpha value is -0.380. The van der Waals surface area contributed by atoms with E-state index in [9.17, 15) is 0 Å². The number of nitrogens with two attached hydrogens (primary N) is 1. The van der Waals surface area contributed by atoms with E-state index in [4.69, 9.17) is 10.5 Å². The van der Waals surface area contributed by atoms with E-state index in [0.717, 1.165) is 23.9 Å². The lowest BCUT2D eigenvalue weighted by Gasteiger charge is -2.21. The lowest BCUT2D eigenvalue weighted by Crippen LogP contribution is -2.42. The molecule has 3 heteroatoms. The van der Waals surface area contributed by atoms with Crippen LogP contribution in [-0.2, 0) is 11.2 Å². The molecule has 1 aliphatic heterocycles. The first-order valence-electron chi connectivity index (χ1n) is 4.79. The van der Waals surface area contributed by atoms with Gasteiger partial charge in [-0.15, -0.1) is 0 Å². The van der Waals surface area contributed by atoms with E-state index in [1.165, 1.54) is 5.56 Å². The number of halogens is 1. The molecule has 1 aromatic rings. The van der Waals surface area contributed by atoms with Crippen LogP contribution in [0.3, 0.4) is 0 Å². The Morgan fingerprint density at radius 2 is 2.07 bits per heavy atom. The highest BCUT2D eigenvalue weighted by Crippen LogP contribution is 2.21. The lowest BCUT2D eigenvalue weighted by molar-refractivity contribution is 0.178. The van der Waals surface area contributed by atoms with Gasteiger partial charge in [-0.05, 0) is 30.5 Å². The monoisotopic (exact) mass is 255 g/mol. The Balaban J connectivity index is 2.06. The standard InChI is InChI=1S/C11H14BrNO/c12-10-3-1-9(2-4-10)7-11(13)5-6-14-8-11/h1-4H,5-8,13H2. The molecule has 0 radical (unpaired) electrons. The van der Waals surface area contributed by atoms with Crippen LogP contribution in [-0.4, -0.2) is 18.8 Å². The van der Waals surface area contributed by atoms with Gasteiger partial charge in [0, 0.05) is 16.6 Å². The topological polar surface area (TPSA) is 35.2 Å². The minimum absolute atomic E-state index is 0.145. The molecule has 1 saturated heterocycles. The fourth-order valence-electron chi connectivity index (χ4n) is 1.77. The van der Waals surface area contributed by atoms with Crippen molar-refractivity contribution in [1.29, 1.82) is 0 Å². The summed E-state index contributed by atoms with van der Waals surface area (Å²) in [6.45, 7) is 1.48. The fraction of sp³-hybridized carbons (Fsp3) is 0.455. The molecule has 1 heterocycles. The number of rotatable bonds is 2. The third kappa shape index (κ3) is 2.35. The second-order valence-corrected chi connectivity index (χ2v) is 4.88. The molecule has 0 amide bonds. The minimum Gasteiger partial charge on any atom is -0.379 e. The summed E-state index contributed by atoms with van der Waals surface area (Å²) in [4.78, 5) is 0. The summed E-state index contributed by atoms with van der Waals surface area (Å²) < 4.78 is 6.43. The van der Waals surface area contributed by atoms with Crippen molar-refractivity contribution in [2.45, 2.75) is 18.4 Å². The molecule has 76 valence electrons. The zero-order valence-corrected chi connectivity index (χ0v) is 9.59. The van der Waals surface area contributed by atoms with Gasteiger partial charge in [0.2, 0.25) is 0 Å². The molecular weight excluding hydrogens is 242 g/mol. The second-order valence-electron chi connectivity index (χ2n) is 3.97. The maximum atomic E-state index is 6.19. The quantitative estimate of drug-likeness (QED) is 0.879. The lowest BCUT2D eigenvalue weighted by atomic mass is 9.91. The van der Waals surface area contributed by atoms with Gasteiger partial charge in [-0.1, -0.05) is 28.1 Å². The van der Waals surface area contributed by atoms with Gasteiger partial charge in [0.1, 0.15) is 0 Å². The van der Waals surface area contributed by atoms with Crippen LogP contribution in [0.5, 0.6) is 0 Å². The van der Waals surface area contributed by atoms with E-state index >= 15 is 0 Å². The predicted molar refractivity (Wildman–Crippen MR) is 60.2 cm³/mol. The summed E-state index contributed by atoms with van der Waals surface area (Å²) in [7, 11) is 0. The molecule has 1 aliphatic rings. The van der Waals surface area contributed by atoms with Crippen molar-refractivity contribution in [1.82, 2.24) is 0 Å². The van der Waals surface area contributed by atoms with Gasteiger partial charge in [-0.2, -0.15) is 0 Å². The summed E-state index contributed by atoms with van der Waals surface area (Å²) in [6.07, 6.45) is 1.86. The van der Waals surface area contributed by atoms with E-state index in [1.54, 1.807) is 0 Å². The Bertz CT molecular complexity index is 304. The van der Waals surface area contributed by atoms with Gasteiger partial charge >= 0.3 is 0 Å². The van der Waals surface area contributed by atoms with Crippen molar-refractivity contribution in [3.63, 3.8) is 0 Å². The maximum absolute atomic E-state index is 6.19. The Morgan fingerprint density at radius 1 is 1.36 bits per heavy atom. The van der Waals surface area contributed by atoms with Gasteiger partial charge in [0.25, 0.3) is 0 Å². The van der Waals surface area contributed by atoms with E-state index in [1.807, 2.05) is 0 Å². The van der Waals surface area contributed by atoms with Crippen LogP contribution in [0.2, 0.25) is 0 Å². The molecule has 1 unspecified atom stereocenters. The zero-order chi connectivity index (χ0) is 10.0. The number of hydrogen-bond acceptors (Lipinski definition) is 2. The van der Waals surface area contributed by atoms with Crippen LogP contribution < -0.4 is 5.73 Å². The summed E-state index contributed by atoms with van der Waals surface area (Å²) in [5, 5.41) is 0. The molecule has 0 aliphatic carbocycles. The highest BCUT2D eigenvalue weighted by Gasteiger charge is 2.30. The molecule has 1 fully saturated rings. The average molecular weight is 256 g/mol. The predicted octanol–water partition coefficient (Wildman–Crippen LogP) is 2.11. The van der Waals surface area contributed by atoms with Crippen molar-refractivity contribution < 1.29 is 4.74 Å². The molecule has 1 aromatic carbocycles. The highest BCUT2D eigenvalue weighted by atomic mass is 79.9. The van der Waals surface area contributed by atoms with Crippen molar-refractivity contribution >= 4 is 15.9 Å². The van der Waals surface area contributed by atoms with Crippen molar-refractivity contribution in [2.75, 3.05) is 13.2 Å². The van der Waals surface area contributed by atoms with E-state index in [2.05, 4.69) is 40.2 Å². The minimum atomic E-state index is -0.145. The Labute approximate surface area is 92.6 Å². The first-order valence-corrected chi connectivity index (χ1v) is 5.58. The smallest absolute Gasteiger partial charge is 0.0650 e. The number of hydrogen-bond donors (Lipinski definition) is 1. The zero-order valence-electron chi connectivity index (χ0n) is 8.00. The normalized spacial score (nSPS) is 26.7. The molecule has 0 spiro atoms. The van der Waals surface area contributed by atoms with Crippen LogP contribution in [0.25, 0.3) is 0 Å². The first kappa shape index (κ1) is 10.1. The molecule has 0 bridgehead atoms. The largest absolute Gasteiger partial charge is 0.379 e. The third-order valence-electron chi connectivity index (χ3n) is 2.60. The first-order chi connectivity index (χ1) is 6.68. The summed E-state index contributed by atoms with van der Waals surface area (Å²) in [5.41, 5.74) is 7.33. The third-order valence-corrected chi connectivity index (χ3v) is 3.13. The van der Waals surface area contributed by atoms with Gasteiger partial charge < -0.3 is 10.5 Å². The molecule has 14 heavy (non-hydrogen) atoms. The number of benzene rings is 1. The van der Waals surface area contributed by atoms with E-state index in [0.29, 0.717) is 6.61 Å².